The fourth-order valence-corrected chi connectivity index (χ4v) is 4.20. The van der Waals surface area contributed by atoms with Crippen molar-refractivity contribution in [1.29, 1.82) is 0 Å². The van der Waals surface area contributed by atoms with E-state index in [-0.39, 0.29) is 10.8 Å². The molecule has 0 atom stereocenters. The van der Waals surface area contributed by atoms with Gasteiger partial charge in [0.2, 0.25) is 10.0 Å². The number of hydrogen-bond donors (Lipinski definition) is 1. The minimum absolute atomic E-state index is 0.162. The Morgan fingerprint density at radius 2 is 1.68 bits per heavy atom. The van der Waals surface area contributed by atoms with Crippen LogP contribution < -0.4 is 10.1 Å². The number of hydrogen-bond acceptors (Lipinski definition) is 4. The van der Waals surface area contributed by atoms with E-state index in [1.165, 1.54) is 31.8 Å². The van der Waals surface area contributed by atoms with Crippen molar-refractivity contribution in [3.05, 3.63) is 88.4 Å². The van der Waals surface area contributed by atoms with Gasteiger partial charge in [0.25, 0.3) is 5.91 Å². The number of rotatable bonds is 8. The Morgan fingerprint density at radius 3 is 2.29 bits per heavy atom. The Balaban J connectivity index is 1.61. The van der Waals surface area contributed by atoms with E-state index in [0.717, 1.165) is 10.7 Å². The van der Waals surface area contributed by atoms with Crippen LogP contribution in [0, 0.1) is 0 Å². The van der Waals surface area contributed by atoms with Crippen molar-refractivity contribution in [2.75, 3.05) is 26.0 Å². The van der Waals surface area contributed by atoms with Gasteiger partial charge in [-0.2, -0.15) is 0 Å². The van der Waals surface area contributed by atoms with Crippen LogP contribution in [0.5, 0.6) is 5.75 Å². The highest BCUT2D eigenvalue weighted by Gasteiger charge is 2.17. The first-order valence-electron chi connectivity index (χ1n) is 9.57. The summed E-state index contributed by atoms with van der Waals surface area (Å²) in [6.07, 6.45) is 0.787. The molecule has 0 radical (unpaired) electrons. The fourth-order valence-electron chi connectivity index (χ4n) is 2.81. The Kier molecular flexibility index (Phi) is 7.48. The first kappa shape index (κ1) is 23.0. The Hall–Kier alpha value is -2.68. The highest BCUT2D eigenvalue weighted by molar-refractivity contribution is 9.10. The van der Waals surface area contributed by atoms with Gasteiger partial charge in [-0.1, -0.05) is 30.3 Å². The lowest BCUT2D eigenvalue weighted by Gasteiger charge is -2.12. The quantitative estimate of drug-likeness (QED) is 0.489. The minimum Gasteiger partial charge on any atom is -0.492 e. The highest BCUT2D eigenvalue weighted by atomic mass is 79.9. The van der Waals surface area contributed by atoms with Crippen molar-refractivity contribution in [1.82, 2.24) is 4.31 Å². The molecule has 8 heteroatoms. The number of halogens is 1. The molecule has 0 heterocycles. The molecule has 0 aliphatic rings. The van der Waals surface area contributed by atoms with E-state index in [1.807, 2.05) is 30.3 Å². The van der Waals surface area contributed by atoms with Crippen molar-refractivity contribution in [3.8, 4) is 5.75 Å². The third-order valence-corrected chi connectivity index (χ3v) is 7.02. The summed E-state index contributed by atoms with van der Waals surface area (Å²) in [6.45, 7) is 0.524. The largest absolute Gasteiger partial charge is 0.492 e. The fraction of sp³-hybridized carbons (Fsp3) is 0.174. The van der Waals surface area contributed by atoms with Gasteiger partial charge < -0.3 is 10.1 Å². The van der Waals surface area contributed by atoms with Gasteiger partial charge in [-0.25, -0.2) is 12.7 Å². The summed E-state index contributed by atoms with van der Waals surface area (Å²) >= 11 is 3.46. The summed E-state index contributed by atoms with van der Waals surface area (Å²) in [5, 5.41) is 2.77. The molecule has 0 bridgehead atoms. The molecule has 3 aromatic carbocycles. The van der Waals surface area contributed by atoms with E-state index in [1.54, 1.807) is 30.3 Å². The first-order chi connectivity index (χ1) is 14.8. The van der Waals surface area contributed by atoms with Crippen LogP contribution in [-0.2, 0) is 16.4 Å². The van der Waals surface area contributed by atoms with Gasteiger partial charge in [0.05, 0.1) is 16.0 Å². The van der Waals surface area contributed by atoms with Crippen molar-refractivity contribution in [2.24, 2.45) is 0 Å². The van der Waals surface area contributed by atoms with E-state index in [2.05, 4.69) is 21.2 Å². The third kappa shape index (κ3) is 5.94. The molecule has 0 aliphatic carbocycles. The number of benzene rings is 3. The van der Waals surface area contributed by atoms with Gasteiger partial charge in [-0.15, -0.1) is 0 Å². The molecular formula is C23H23BrN2O4S. The van der Waals surface area contributed by atoms with E-state index >= 15 is 0 Å². The monoisotopic (exact) mass is 502 g/mol. The summed E-state index contributed by atoms with van der Waals surface area (Å²) in [4.78, 5) is 12.7. The average molecular weight is 503 g/mol. The van der Waals surface area contributed by atoms with E-state index < -0.39 is 10.0 Å². The lowest BCUT2D eigenvalue weighted by molar-refractivity contribution is 0.102. The van der Waals surface area contributed by atoms with Crippen LogP contribution in [0.4, 0.5) is 5.69 Å². The van der Waals surface area contributed by atoms with Crippen LogP contribution in [0.3, 0.4) is 0 Å². The number of carbonyl (C=O) groups excluding carboxylic acids is 1. The van der Waals surface area contributed by atoms with Gasteiger partial charge in [0.15, 0.2) is 0 Å². The molecule has 0 saturated carbocycles. The predicted octanol–water partition coefficient (Wildman–Crippen LogP) is 4.57. The minimum atomic E-state index is -3.51. The number of ether oxygens (including phenoxy) is 1. The normalized spacial score (nSPS) is 11.4. The van der Waals surface area contributed by atoms with Crippen molar-refractivity contribution in [2.45, 2.75) is 11.3 Å². The average Bonchev–Trinajstić information content (AvgIpc) is 2.76. The zero-order valence-electron chi connectivity index (χ0n) is 17.2. The summed E-state index contributed by atoms with van der Waals surface area (Å²) in [5.74, 6) is 0.352. The standard InChI is InChI=1S/C23H23BrN2O4S/c1-26(2)31(28,29)20-11-9-19(10-12-20)25-23(27)18-8-13-22(21(24)16-18)30-15-14-17-6-4-3-5-7-17/h3-13,16H,14-15H2,1-2H3,(H,25,27). The van der Waals surface area contributed by atoms with Gasteiger partial charge in [-0.05, 0) is 64.0 Å². The Bertz CT molecular complexity index is 1150. The molecule has 1 amide bonds. The maximum Gasteiger partial charge on any atom is 0.255 e. The van der Waals surface area contributed by atoms with Crippen LogP contribution in [0.15, 0.2) is 82.2 Å². The summed E-state index contributed by atoms with van der Waals surface area (Å²) < 4.78 is 31.9. The van der Waals surface area contributed by atoms with Crippen LogP contribution >= 0.6 is 15.9 Å². The second-order valence-corrected chi connectivity index (χ2v) is 10.0. The number of carbonyl (C=O) groups is 1. The molecular weight excluding hydrogens is 480 g/mol. The highest BCUT2D eigenvalue weighted by Crippen LogP contribution is 2.27. The zero-order valence-corrected chi connectivity index (χ0v) is 19.6. The van der Waals surface area contributed by atoms with Crippen LogP contribution in [-0.4, -0.2) is 39.3 Å². The van der Waals surface area contributed by atoms with Gasteiger partial charge in [-0.3, -0.25) is 4.79 Å². The molecule has 0 unspecified atom stereocenters. The molecule has 0 aromatic heterocycles. The Morgan fingerprint density at radius 1 is 1.00 bits per heavy atom. The second-order valence-electron chi connectivity index (χ2n) is 7.00. The molecule has 0 aliphatic heterocycles. The van der Waals surface area contributed by atoms with Crippen molar-refractivity contribution >= 4 is 37.5 Å². The first-order valence-corrected chi connectivity index (χ1v) is 11.8. The van der Waals surface area contributed by atoms with Crippen molar-refractivity contribution in [3.63, 3.8) is 0 Å². The van der Waals surface area contributed by atoms with Crippen LogP contribution in [0.1, 0.15) is 15.9 Å². The van der Waals surface area contributed by atoms with E-state index in [9.17, 15) is 13.2 Å². The molecule has 0 saturated heterocycles. The topological polar surface area (TPSA) is 75.7 Å². The molecule has 162 valence electrons. The summed E-state index contributed by atoms with van der Waals surface area (Å²) in [6, 6.07) is 21.2. The van der Waals surface area contributed by atoms with Crippen molar-refractivity contribution < 1.29 is 17.9 Å². The van der Waals surface area contributed by atoms with Gasteiger partial charge in [0, 0.05) is 31.8 Å². The molecule has 3 aromatic rings. The van der Waals surface area contributed by atoms with E-state index in [0.29, 0.717) is 28.1 Å². The molecule has 31 heavy (non-hydrogen) atoms. The van der Waals surface area contributed by atoms with Gasteiger partial charge >= 0.3 is 0 Å². The molecule has 0 fully saturated rings. The van der Waals surface area contributed by atoms with Crippen LogP contribution in [0.2, 0.25) is 0 Å². The lowest BCUT2D eigenvalue weighted by Crippen LogP contribution is -2.22. The predicted molar refractivity (Wildman–Crippen MR) is 125 cm³/mol. The second kappa shape index (κ2) is 10.1. The zero-order chi connectivity index (χ0) is 22.4. The number of nitrogens with zero attached hydrogens (tertiary/aromatic N) is 1. The lowest BCUT2D eigenvalue weighted by atomic mass is 10.1. The summed E-state index contributed by atoms with van der Waals surface area (Å²) in [7, 11) is -0.569. The number of amides is 1. The molecule has 1 N–H and O–H groups in total. The van der Waals surface area contributed by atoms with Crippen LogP contribution in [0.25, 0.3) is 0 Å². The Labute approximate surface area is 191 Å². The van der Waals surface area contributed by atoms with E-state index in [4.69, 9.17) is 4.74 Å². The SMILES string of the molecule is CN(C)S(=O)(=O)c1ccc(NC(=O)c2ccc(OCCc3ccccc3)c(Br)c2)cc1. The molecule has 0 spiro atoms. The maximum atomic E-state index is 12.6. The third-order valence-electron chi connectivity index (χ3n) is 4.58. The molecule has 6 nitrogen and oxygen atoms in total. The summed E-state index contributed by atoms with van der Waals surface area (Å²) in [5.41, 5.74) is 2.15. The van der Waals surface area contributed by atoms with Gasteiger partial charge in [0.1, 0.15) is 5.75 Å². The number of anilines is 1. The smallest absolute Gasteiger partial charge is 0.255 e. The number of nitrogens with one attached hydrogen (secondary N) is 1. The maximum absolute atomic E-state index is 12.6. The molecule has 3 rings (SSSR count). The number of sulfonamides is 1.